The lowest BCUT2D eigenvalue weighted by Gasteiger charge is -2.17. The second-order valence-electron chi connectivity index (χ2n) is 4.98. The Labute approximate surface area is 144 Å². The van der Waals surface area contributed by atoms with Crippen LogP contribution in [0.15, 0.2) is 30.6 Å². The molecule has 1 heterocycles. The standard InChI is InChI=1S/C15H17N3O4.CH2O2/c1-17-5-4-16-13(17)9-18(2)14(19)10-6-11(15(20)21)8-12(7-10)22-3;2-1-3/h4-8H,9H2,1-3H3,(H,20,21);1H,(H,2,3). The molecular weight excluding hydrogens is 330 g/mol. The Morgan fingerprint density at radius 1 is 1.32 bits per heavy atom. The van der Waals surface area contributed by atoms with Gasteiger partial charge in [0.2, 0.25) is 0 Å². The van der Waals surface area contributed by atoms with E-state index in [1.165, 1.54) is 30.2 Å². The summed E-state index contributed by atoms with van der Waals surface area (Å²) >= 11 is 0. The van der Waals surface area contributed by atoms with E-state index < -0.39 is 5.97 Å². The van der Waals surface area contributed by atoms with Crippen LogP contribution < -0.4 is 4.74 Å². The molecule has 0 bridgehead atoms. The summed E-state index contributed by atoms with van der Waals surface area (Å²) in [5.74, 6) is -0.352. The fraction of sp³-hybridized carbons (Fsp3) is 0.250. The number of aromatic nitrogens is 2. The van der Waals surface area contributed by atoms with E-state index in [9.17, 15) is 9.59 Å². The van der Waals surface area contributed by atoms with Crippen molar-refractivity contribution < 1.29 is 29.3 Å². The molecule has 134 valence electrons. The van der Waals surface area contributed by atoms with Crippen molar-refractivity contribution >= 4 is 18.3 Å². The van der Waals surface area contributed by atoms with E-state index >= 15 is 0 Å². The molecular formula is C16H19N3O6. The zero-order chi connectivity index (χ0) is 19.0. The van der Waals surface area contributed by atoms with Crippen molar-refractivity contribution in [2.24, 2.45) is 7.05 Å². The number of aryl methyl sites for hydroxylation is 1. The van der Waals surface area contributed by atoms with Crippen molar-refractivity contribution in [2.75, 3.05) is 14.2 Å². The number of imidazole rings is 1. The van der Waals surface area contributed by atoms with Crippen LogP contribution in [-0.2, 0) is 18.4 Å². The fourth-order valence-corrected chi connectivity index (χ4v) is 2.02. The van der Waals surface area contributed by atoms with Gasteiger partial charge in [0.05, 0.1) is 19.2 Å². The zero-order valence-electron chi connectivity index (χ0n) is 14.0. The second-order valence-corrected chi connectivity index (χ2v) is 4.98. The van der Waals surface area contributed by atoms with Crippen LogP contribution in [0.3, 0.4) is 0 Å². The van der Waals surface area contributed by atoms with Crippen molar-refractivity contribution in [1.29, 1.82) is 0 Å². The van der Waals surface area contributed by atoms with Gasteiger partial charge in [-0.05, 0) is 18.2 Å². The summed E-state index contributed by atoms with van der Waals surface area (Å²) in [6.07, 6.45) is 3.45. The first-order valence-electron chi connectivity index (χ1n) is 7.05. The maximum absolute atomic E-state index is 12.5. The van der Waals surface area contributed by atoms with Crippen molar-refractivity contribution in [2.45, 2.75) is 6.54 Å². The van der Waals surface area contributed by atoms with E-state index in [-0.39, 0.29) is 23.5 Å². The Morgan fingerprint density at radius 3 is 2.40 bits per heavy atom. The topological polar surface area (TPSA) is 122 Å². The van der Waals surface area contributed by atoms with Crippen LogP contribution in [0.25, 0.3) is 0 Å². The van der Waals surface area contributed by atoms with E-state index in [0.717, 1.165) is 5.82 Å². The van der Waals surface area contributed by atoms with Crippen molar-refractivity contribution in [3.05, 3.63) is 47.5 Å². The third-order valence-corrected chi connectivity index (χ3v) is 3.28. The molecule has 2 aromatic rings. The summed E-state index contributed by atoms with van der Waals surface area (Å²) in [4.78, 5) is 37.6. The first-order valence-corrected chi connectivity index (χ1v) is 7.05. The number of nitrogens with zero attached hydrogens (tertiary/aromatic N) is 3. The van der Waals surface area contributed by atoms with Gasteiger partial charge in [-0.25, -0.2) is 9.78 Å². The molecule has 0 fully saturated rings. The SMILES string of the molecule is COc1cc(C(=O)O)cc(C(=O)N(C)Cc2nccn2C)c1.O=CO. The van der Waals surface area contributed by atoms with Gasteiger partial charge < -0.3 is 24.4 Å². The fourth-order valence-electron chi connectivity index (χ4n) is 2.02. The first kappa shape index (κ1) is 19.7. The van der Waals surface area contributed by atoms with Gasteiger partial charge in [-0.15, -0.1) is 0 Å². The summed E-state index contributed by atoms with van der Waals surface area (Å²) in [6, 6.07) is 4.23. The minimum Gasteiger partial charge on any atom is -0.497 e. The van der Waals surface area contributed by atoms with Crippen LogP contribution in [0.5, 0.6) is 5.75 Å². The normalized spacial score (nSPS) is 9.56. The molecule has 1 amide bonds. The largest absolute Gasteiger partial charge is 0.497 e. The van der Waals surface area contributed by atoms with Crippen molar-refractivity contribution in [1.82, 2.24) is 14.5 Å². The molecule has 0 aliphatic rings. The molecule has 0 aliphatic carbocycles. The maximum atomic E-state index is 12.5. The van der Waals surface area contributed by atoms with Crippen molar-refractivity contribution in [3.8, 4) is 5.75 Å². The monoisotopic (exact) mass is 349 g/mol. The van der Waals surface area contributed by atoms with Gasteiger partial charge in [-0.3, -0.25) is 9.59 Å². The number of carboxylic acid groups (broad SMARTS) is 2. The number of hydrogen-bond acceptors (Lipinski definition) is 5. The number of amides is 1. The van der Waals surface area contributed by atoms with Gasteiger partial charge in [-0.1, -0.05) is 0 Å². The average Bonchev–Trinajstić information content (AvgIpc) is 2.99. The molecule has 0 spiro atoms. The summed E-state index contributed by atoms with van der Waals surface area (Å²) in [7, 11) is 4.90. The molecule has 2 N–H and O–H groups in total. The van der Waals surface area contributed by atoms with E-state index in [0.29, 0.717) is 12.3 Å². The number of carbonyl (C=O) groups excluding carboxylic acids is 1. The molecule has 1 aromatic carbocycles. The Balaban J connectivity index is 0.000000970. The molecule has 0 saturated heterocycles. The smallest absolute Gasteiger partial charge is 0.335 e. The van der Waals surface area contributed by atoms with Gasteiger partial charge >= 0.3 is 5.97 Å². The highest BCUT2D eigenvalue weighted by Gasteiger charge is 2.17. The lowest BCUT2D eigenvalue weighted by atomic mass is 10.1. The Kier molecular flexibility index (Phi) is 7.14. The minimum absolute atomic E-state index is 0.00749. The Morgan fingerprint density at radius 2 is 1.92 bits per heavy atom. The summed E-state index contributed by atoms with van der Waals surface area (Å²) in [5, 5.41) is 16.0. The van der Waals surface area contributed by atoms with Gasteiger partial charge in [0.25, 0.3) is 12.4 Å². The van der Waals surface area contributed by atoms with E-state index in [2.05, 4.69) is 4.98 Å². The van der Waals surface area contributed by atoms with Crippen LogP contribution in [-0.4, -0.2) is 57.2 Å². The predicted octanol–water partition coefficient (Wildman–Crippen LogP) is 1.10. The molecule has 0 aliphatic heterocycles. The van der Waals surface area contributed by atoms with Crippen LogP contribution >= 0.6 is 0 Å². The van der Waals surface area contributed by atoms with Gasteiger partial charge in [0.15, 0.2) is 0 Å². The molecule has 9 nitrogen and oxygen atoms in total. The number of methoxy groups -OCH3 is 1. The highest BCUT2D eigenvalue weighted by molar-refractivity contribution is 5.98. The summed E-state index contributed by atoms with van der Waals surface area (Å²) in [6.45, 7) is 0.0714. The van der Waals surface area contributed by atoms with E-state index in [4.69, 9.17) is 19.7 Å². The number of benzene rings is 1. The third kappa shape index (κ3) is 5.34. The quantitative estimate of drug-likeness (QED) is 0.775. The van der Waals surface area contributed by atoms with Crippen molar-refractivity contribution in [3.63, 3.8) is 0 Å². The van der Waals surface area contributed by atoms with Gasteiger partial charge in [0, 0.05) is 32.1 Å². The molecule has 25 heavy (non-hydrogen) atoms. The molecule has 0 unspecified atom stereocenters. The summed E-state index contributed by atoms with van der Waals surface area (Å²) in [5.41, 5.74) is 0.265. The number of rotatable bonds is 5. The zero-order valence-corrected chi connectivity index (χ0v) is 14.0. The number of ether oxygens (including phenoxy) is 1. The number of carbonyl (C=O) groups is 3. The lowest BCUT2D eigenvalue weighted by Crippen LogP contribution is -2.27. The van der Waals surface area contributed by atoms with Crippen LogP contribution in [0.2, 0.25) is 0 Å². The molecule has 9 heteroatoms. The van der Waals surface area contributed by atoms with Crippen LogP contribution in [0.4, 0.5) is 0 Å². The maximum Gasteiger partial charge on any atom is 0.335 e. The predicted molar refractivity (Wildman–Crippen MR) is 87.7 cm³/mol. The first-order chi connectivity index (χ1) is 11.8. The number of aromatic carboxylic acids is 1. The van der Waals surface area contributed by atoms with Gasteiger partial charge in [-0.2, -0.15) is 0 Å². The Bertz CT molecular complexity index is 756. The molecule has 0 atom stereocenters. The molecule has 1 aromatic heterocycles. The molecule has 2 rings (SSSR count). The highest BCUT2D eigenvalue weighted by atomic mass is 16.5. The highest BCUT2D eigenvalue weighted by Crippen LogP contribution is 2.19. The average molecular weight is 349 g/mol. The van der Waals surface area contributed by atoms with Gasteiger partial charge in [0.1, 0.15) is 11.6 Å². The van der Waals surface area contributed by atoms with Crippen LogP contribution in [0, 0.1) is 0 Å². The summed E-state index contributed by atoms with van der Waals surface area (Å²) < 4.78 is 6.87. The lowest BCUT2D eigenvalue weighted by molar-refractivity contribution is -0.122. The minimum atomic E-state index is -1.11. The number of hydrogen-bond donors (Lipinski definition) is 2. The van der Waals surface area contributed by atoms with Crippen LogP contribution in [0.1, 0.15) is 26.5 Å². The third-order valence-electron chi connectivity index (χ3n) is 3.28. The second kappa shape index (κ2) is 9.06. The Hall–Kier alpha value is -3.36. The van der Waals surface area contributed by atoms with E-state index in [1.54, 1.807) is 19.4 Å². The molecule has 0 radical (unpaired) electrons. The molecule has 0 saturated carbocycles. The van der Waals surface area contributed by atoms with E-state index in [1.807, 2.05) is 11.6 Å². The number of carboxylic acids is 1.